The first-order chi connectivity index (χ1) is 13.9. The second-order valence-electron chi connectivity index (χ2n) is 7.87. The van der Waals surface area contributed by atoms with Gasteiger partial charge in [0.15, 0.2) is 0 Å². The molecule has 5 rings (SSSR count). The van der Waals surface area contributed by atoms with Crippen LogP contribution in [0.4, 0.5) is 11.4 Å². The van der Waals surface area contributed by atoms with Crippen LogP contribution in [0.1, 0.15) is 40.1 Å². The van der Waals surface area contributed by atoms with Crippen LogP contribution in [-0.2, 0) is 0 Å². The van der Waals surface area contributed by atoms with Crippen LogP contribution in [0.15, 0.2) is 72.2 Å². The first kappa shape index (κ1) is 17.4. The van der Waals surface area contributed by atoms with Gasteiger partial charge in [0.1, 0.15) is 5.84 Å². The molecule has 5 heteroatoms. The zero-order valence-electron chi connectivity index (χ0n) is 16.2. The summed E-state index contributed by atoms with van der Waals surface area (Å²) in [5.74, 6) is 0.218. The number of hydrogen-bond acceptors (Lipinski definition) is 3. The smallest absolute Gasteiger partial charge is 0.264 e. The predicted octanol–water partition coefficient (Wildman–Crippen LogP) is 4.59. The molecular formula is C24H19N3O2. The molecule has 0 radical (unpaired) electrons. The molecule has 2 aliphatic heterocycles. The molecule has 0 aliphatic carbocycles. The fourth-order valence-electron chi connectivity index (χ4n) is 3.84. The van der Waals surface area contributed by atoms with Crippen molar-refractivity contribution in [1.29, 1.82) is 0 Å². The van der Waals surface area contributed by atoms with Crippen LogP contribution < -0.4 is 10.2 Å². The number of nitrogens with one attached hydrogen (secondary N) is 1. The number of amidine groups is 1. The van der Waals surface area contributed by atoms with Gasteiger partial charge in [-0.15, -0.1) is 6.58 Å². The lowest BCUT2D eigenvalue weighted by molar-refractivity contribution is 0.0926. The van der Waals surface area contributed by atoms with Gasteiger partial charge in [0.2, 0.25) is 0 Å². The van der Waals surface area contributed by atoms with Crippen molar-refractivity contribution in [3.63, 3.8) is 0 Å². The highest BCUT2D eigenvalue weighted by molar-refractivity contribution is 6.40. The topological polar surface area (TPSA) is 61.8 Å². The van der Waals surface area contributed by atoms with Crippen LogP contribution >= 0.6 is 0 Å². The molecule has 0 saturated heterocycles. The molecule has 0 spiro atoms. The molecule has 0 unspecified atom stereocenters. The van der Waals surface area contributed by atoms with Crippen molar-refractivity contribution in [2.45, 2.75) is 19.4 Å². The maximum absolute atomic E-state index is 13.2. The molecule has 3 aromatic carbocycles. The van der Waals surface area contributed by atoms with Gasteiger partial charge in [0.05, 0.1) is 22.5 Å². The van der Waals surface area contributed by atoms with E-state index >= 15 is 0 Å². The Balaban J connectivity index is 1.65. The summed E-state index contributed by atoms with van der Waals surface area (Å²) in [4.78, 5) is 32.3. The molecule has 5 nitrogen and oxygen atoms in total. The second-order valence-corrected chi connectivity index (χ2v) is 7.87. The Bertz CT molecular complexity index is 1270. The molecule has 29 heavy (non-hydrogen) atoms. The lowest BCUT2D eigenvalue weighted by Gasteiger charge is -2.24. The molecule has 0 bridgehead atoms. The molecule has 2 aliphatic rings. The van der Waals surface area contributed by atoms with E-state index in [9.17, 15) is 9.59 Å². The summed E-state index contributed by atoms with van der Waals surface area (Å²) in [5.41, 5.74) is 2.82. The number of anilines is 1. The maximum Gasteiger partial charge on any atom is 0.264 e. The molecule has 1 N–H and O–H groups in total. The Morgan fingerprint density at radius 2 is 1.86 bits per heavy atom. The Morgan fingerprint density at radius 3 is 2.62 bits per heavy atom. The third-order valence-corrected chi connectivity index (χ3v) is 5.44. The average Bonchev–Trinajstić information content (AvgIpc) is 3.00. The van der Waals surface area contributed by atoms with Gasteiger partial charge in [-0.1, -0.05) is 30.3 Å². The minimum atomic E-state index is -0.533. The van der Waals surface area contributed by atoms with Crippen LogP contribution in [0.3, 0.4) is 0 Å². The Morgan fingerprint density at radius 1 is 1.10 bits per heavy atom. The minimum absolute atomic E-state index is 0.126. The van der Waals surface area contributed by atoms with E-state index in [1.807, 2.05) is 50.2 Å². The Hall–Kier alpha value is -3.73. The molecule has 2 amide bonds. The van der Waals surface area contributed by atoms with Crippen LogP contribution in [0.25, 0.3) is 10.8 Å². The number of hydrogen-bond donors (Lipinski definition) is 1. The highest BCUT2D eigenvalue weighted by atomic mass is 16.2. The van der Waals surface area contributed by atoms with Gasteiger partial charge in [0.25, 0.3) is 11.8 Å². The Labute approximate surface area is 168 Å². The van der Waals surface area contributed by atoms with Gasteiger partial charge in [-0.05, 0) is 49.6 Å². The zero-order chi connectivity index (χ0) is 20.3. The van der Waals surface area contributed by atoms with E-state index in [2.05, 4.69) is 11.9 Å². The van der Waals surface area contributed by atoms with E-state index in [1.54, 1.807) is 29.2 Å². The standard InChI is InChI=1S/C24H19N3O2/c1-4-24(2,3)26-22(28)15-11-12-16-17(13-15)21-25-18-9-5-7-14-8-6-10-19(20(14)18)27(21)23(16)29/h4-13H,1H2,2-3H3,(H,26,28). The third-order valence-electron chi connectivity index (χ3n) is 5.44. The highest BCUT2D eigenvalue weighted by Gasteiger charge is 2.38. The summed E-state index contributed by atoms with van der Waals surface area (Å²) in [6, 6.07) is 16.9. The minimum Gasteiger partial charge on any atom is -0.344 e. The van der Waals surface area contributed by atoms with E-state index in [0.29, 0.717) is 22.5 Å². The number of rotatable bonds is 3. The average molecular weight is 381 g/mol. The quantitative estimate of drug-likeness (QED) is 0.675. The van der Waals surface area contributed by atoms with Crippen molar-refractivity contribution in [1.82, 2.24) is 5.32 Å². The fraction of sp³-hybridized carbons (Fsp3) is 0.125. The van der Waals surface area contributed by atoms with Gasteiger partial charge in [-0.3, -0.25) is 14.5 Å². The van der Waals surface area contributed by atoms with Crippen molar-refractivity contribution in [3.05, 3.63) is 83.9 Å². The highest BCUT2D eigenvalue weighted by Crippen LogP contribution is 2.43. The van der Waals surface area contributed by atoms with Crippen LogP contribution in [0.5, 0.6) is 0 Å². The molecule has 0 atom stereocenters. The van der Waals surface area contributed by atoms with Crippen molar-refractivity contribution in [2.24, 2.45) is 4.99 Å². The van der Waals surface area contributed by atoms with E-state index in [-0.39, 0.29) is 11.8 Å². The molecule has 0 saturated carbocycles. The van der Waals surface area contributed by atoms with Crippen molar-refractivity contribution in [3.8, 4) is 0 Å². The number of carbonyl (C=O) groups excluding carboxylic acids is 2. The largest absolute Gasteiger partial charge is 0.344 e. The van der Waals surface area contributed by atoms with Gasteiger partial charge < -0.3 is 5.32 Å². The van der Waals surface area contributed by atoms with Crippen molar-refractivity contribution >= 4 is 39.8 Å². The third kappa shape index (κ3) is 2.51. The summed E-state index contributed by atoms with van der Waals surface area (Å²) in [6.45, 7) is 7.50. The van der Waals surface area contributed by atoms with E-state index in [4.69, 9.17) is 4.99 Å². The number of carbonyl (C=O) groups is 2. The number of nitrogens with zero attached hydrogens (tertiary/aromatic N) is 2. The van der Waals surface area contributed by atoms with Crippen molar-refractivity contribution < 1.29 is 9.59 Å². The van der Waals surface area contributed by atoms with Gasteiger partial charge in [-0.25, -0.2) is 4.99 Å². The summed E-state index contributed by atoms with van der Waals surface area (Å²) < 4.78 is 0. The van der Waals surface area contributed by atoms with E-state index < -0.39 is 5.54 Å². The van der Waals surface area contributed by atoms with E-state index in [0.717, 1.165) is 22.1 Å². The fourth-order valence-corrected chi connectivity index (χ4v) is 3.84. The zero-order valence-corrected chi connectivity index (χ0v) is 16.2. The van der Waals surface area contributed by atoms with Crippen molar-refractivity contribution in [2.75, 3.05) is 4.90 Å². The van der Waals surface area contributed by atoms with Gasteiger partial charge in [-0.2, -0.15) is 0 Å². The van der Waals surface area contributed by atoms with Gasteiger partial charge >= 0.3 is 0 Å². The molecule has 3 aromatic rings. The summed E-state index contributed by atoms with van der Waals surface area (Å²) in [5, 5.41) is 4.94. The lowest BCUT2D eigenvalue weighted by Crippen LogP contribution is -2.41. The predicted molar refractivity (Wildman–Crippen MR) is 115 cm³/mol. The number of amides is 2. The molecule has 2 heterocycles. The maximum atomic E-state index is 13.2. The first-order valence-electron chi connectivity index (χ1n) is 9.45. The van der Waals surface area contributed by atoms with Crippen LogP contribution in [0, 0.1) is 0 Å². The molecule has 0 aromatic heterocycles. The number of fused-ring (bicyclic) bond motifs is 4. The summed E-state index contributed by atoms with van der Waals surface area (Å²) in [6.07, 6.45) is 1.69. The summed E-state index contributed by atoms with van der Waals surface area (Å²) in [7, 11) is 0. The van der Waals surface area contributed by atoms with Crippen LogP contribution in [-0.4, -0.2) is 23.2 Å². The molecule has 142 valence electrons. The van der Waals surface area contributed by atoms with Crippen LogP contribution in [0.2, 0.25) is 0 Å². The number of benzene rings is 3. The molecule has 0 fully saturated rings. The first-order valence-corrected chi connectivity index (χ1v) is 9.45. The molecular weight excluding hydrogens is 362 g/mol. The summed E-state index contributed by atoms with van der Waals surface area (Å²) >= 11 is 0. The monoisotopic (exact) mass is 381 g/mol. The van der Waals surface area contributed by atoms with Gasteiger partial charge in [0, 0.05) is 16.5 Å². The lowest BCUT2D eigenvalue weighted by atomic mass is 10.0. The normalized spacial score (nSPS) is 14.3. The Kier molecular flexibility index (Phi) is 3.52. The van der Waals surface area contributed by atoms with E-state index in [1.165, 1.54) is 0 Å². The second kappa shape index (κ2) is 5.88. The number of aliphatic imine (C=N–C) groups is 1. The SMILES string of the molecule is C=CC(C)(C)NC(=O)c1ccc2c(c1)C1=Nc3cccc4cccc(c34)N1C2=O.